The molecule has 0 amide bonds. The standard InChI is InChI=1S/C26H45NO/c1-18(7-6-16-27(4)5)22-10-11-23-21-9-8-19-17-20(28)12-14-25(19,2)24(21)13-15-26(22,23)3/h18-20,22-23,28H,6-17H2,1-5H3/t18-,19+,20+,22-,23+,25+,26-/m1/s1. The second-order valence-corrected chi connectivity index (χ2v) is 11.8. The molecule has 0 saturated heterocycles. The zero-order valence-electron chi connectivity index (χ0n) is 19.3. The monoisotopic (exact) mass is 387 g/mol. The lowest BCUT2D eigenvalue weighted by Crippen LogP contribution is -2.45. The molecular weight excluding hydrogens is 342 g/mol. The first-order valence-electron chi connectivity index (χ1n) is 12.3. The average Bonchev–Trinajstić information content (AvgIpc) is 2.99. The fourth-order valence-electron chi connectivity index (χ4n) is 8.34. The van der Waals surface area contributed by atoms with Gasteiger partial charge in [-0.15, -0.1) is 0 Å². The van der Waals surface area contributed by atoms with Crippen molar-refractivity contribution in [1.82, 2.24) is 4.90 Å². The SMILES string of the molecule is C[C@H](CCCN(C)C)[C@H]1CC[C@H]2C3=C(CC[C@]12C)[C@@]1(C)CC[C@H](O)C[C@@H]1CC3. The Hall–Kier alpha value is -0.340. The summed E-state index contributed by atoms with van der Waals surface area (Å²) in [6.45, 7) is 9.02. The largest absolute Gasteiger partial charge is 0.393 e. The van der Waals surface area contributed by atoms with Gasteiger partial charge in [0.2, 0.25) is 0 Å². The highest BCUT2D eigenvalue weighted by Gasteiger charge is 2.55. The first-order valence-corrected chi connectivity index (χ1v) is 12.3. The molecule has 28 heavy (non-hydrogen) atoms. The summed E-state index contributed by atoms with van der Waals surface area (Å²) < 4.78 is 0. The van der Waals surface area contributed by atoms with Crippen molar-refractivity contribution in [1.29, 1.82) is 0 Å². The van der Waals surface area contributed by atoms with E-state index in [1.807, 2.05) is 11.1 Å². The van der Waals surface area contributed by atoms with E-state index in [0.717, 1.165) is 36.5 Å². The van der Waals surface area contributed by atoms with Crippen molar-refractivity contribution in [3.8, 4) is 0 Å². The van der Waals surface area contributed by atoms with Crippen LogP contribution in [-0.4, -0.2) is 36.8 Å². The highest BCUT2D eigenvalue weighted by Crippen LogP contribution is 2.65. The van der Waals surface area contributed by atoms with Gasteiger partial charge in [0.25, 0.3) is 0 Å². The summed E-state index contributed by atoms with van der Waals surface area (Å²) in [4.78, 5) is 2.34. The van der Waals surface area contributed by atoms with Gasteiger partial charge in [-0.25, -0.2) is 0 Å². The normalized spacial score (nSPS) is 44.2. The molecule has 0 unspecified atom stereocenters. The Bertz CT molecular complexity index is 610. The maximum atomic E-state index is 10.2. The molecule has 2 nitrogen and oxygen atoms in total. The molecule has 0 aromatic heterocycles. The van der Waals surface area contributed by atoms with E-state index in [2.05, 4.69) is 39.8 Å². The minimum atomic E-state index is -0.0343. The summed E-state index contributed by atoms with van der Waals surface area (Å²) in [6, 6.07) is 0. The minimum absolute atomic E-state index is 0.0343. The Kier molecular flexibility index (Phi) is 5.77. The zero-order chi connectivity index (χ0) is 20.1. The smallest absolute Gasteiger partial charge is 0.0543 e. The molecule has 0 aromatic rings. The van der Waals surface area contributed by atoms with Gasteiger partial charge in [0.1, 0.15) is 0 Å². The maximum Gasteiger partial charge on any atom is 0.0543 e. The molecule has 0 aliphatic heterocycles. The van der Waals surface area contributed by atoms with E-state index < -0.39 is 0 Å². The van der Waals surface area contributed by atoms with E-state index in [1.165, 1.54) is 64.3 Å². The number of allylic oxidation sites excluding steroid dienone is 2. The number of aliphatic hydroxyl groups is 1. The second-order valence-electron chi connectivity index (χ2n) is 11.8. The molecule has 0 bridgehead atoms. The summed E-state index contributed by atoms with van der Waals surface area (Å²) in [5.41, 5.74) is 4.74. The Balaban J connectivity index is 1.52. The molecule has 2 saturated carbocycles. The van der Waals surface area contributed by atoms with E-state index in [4.69, 9.17) is 0 Å². The topological polar surface area (TPSA) is 23.5 Å². The second kappa shape index (κ2) is 7.73. The van der Waals surface area contributed by atoms with Crippen molar-refractivity contribution >= 4 is 0 Å². The molecule has 2 fully saturated rings. The van der Waals surface area contributed by atoms with Gasteiger partial charge in [-0.1, -0.05) is 31.9 Å². The number of rotatable bonds is 5. The highest BCUT2D eigenvalue weighted by molar-refractivity contribution is 5.34. The lowest BCUT2D eigenvalue weighted by atomic mass is 9.50. The average molecular weight is 388 g/mol. The fourth-order valence-corrected chi connectivity index (χ4v) is 8.34. The van der Waals surface area contributed by atoms with Crippen LogP contribution in [0.1, 0.15) is 91.4 Å². The van der Waals surface area contributed by atoms with Crippen LogP contribution in [0.2, 0.25) is 0 Å². The highest BCUT2D eigenvalue weighted by atomic mass is 16.3. The Labute approximate surface area is 174 Å². The van der Waals surface area contributed by atoms with Crippen molar-refractivity contribution < 1.29 is 5.11 Å². The third-order valence-corrected chi connectivity index (χ3v) is 9.99. The molecule has 0 aromatic carbocycles. The third kappa shape index (κ3) is 3.41. The van der Waals surface area contributed by atoms with E-state index in [-0.39, 0.29) is 6.10 Å². The van der Waals surface area contributed by atoms with E-state index in [9.17, 15) is 5.11 Å². The Morgan fingerprint density at radius 2 is 1.86 bits per heavy atom. The van der Waals surface area contributed by atoms with Crippen LogP contribution in [0.3, 0.4) is 0 Å². The summed E-state index contributed by atoms with van der Waals surface area (Å²) >= 11 is 0. The van der Waals surface area contributed by atoms with Crippen molar-refractivity contribution in [2.75, 3.05) is 20.6 Å². The molecule has 0 radical (unpaired) electrons. The number of aliphatic hydroxyl groups excluding tert-OH is 1. The van der Waals surface area contributed by atoms with Gasteiger partial charge < -0.3 is 10.0 Å². The zero-order valence-corrected chi connectivity index (χ0v) is 19.3. The van der Waals surface area contributed by atoms with E-state index in [0.29, 0.717) is 10.8 Å². The molecule has 4 aliphatic rings. The van der Waals surface area contributed by atoms with Crippen LogP contribution in [0.15, 0.2) is 11.1 Å². The van der Waals surface area contributed by atoms with E-state index >= 15 is 0 Å². The van der Waals surface area contributed by atoms with Crippen LogP contribution in [0.25, 0.3) is 0 Å². The van der Waals surface area contributed by atoms with Crippen molar-refractivity contribution in [3.63, 3.8) is 0 Å². The first-order chi connectivity index (χ1) is 13.3. The van der Waals surface area contributed by atoms with E-state index in [1.54, 1.807) is 0 Å². The third-order valence-electron chi connectivity index (χ3n) is 9.99. The van der Waals surface area contributed by atoms with Crippen LogP contribution in [0.5, 0.6) is 0 Å². The van der Waals surface area contributed by atoms with Crippen molar-refractivity contribution in [3.05, 3.63) is 11.1 Å². The molecule has 160 valence electrons. The Morgan fingerprint density at radius 1 is 1.07 bits per heavy atom. The molecular formula is C26H45NO. The number of fused-ring (bicyclic) bond motifs is 4. The molecule has 0 spiro atoms. The minimum Gasteiger partial charge on any atom is -0.393 e. The van der Waals surface area contributed by atoms with Gasteiger partial charge in [-0.05, 0) is 126 Å². The van der Waals surface area contributed by atoms with Crippen LogP contribution >= 0.6 is 0 Å². The molecule has 4 rings (SSSR count). The fraction of sp³-hybridized carbons (Fsp3) is 0.923. The van der Waals surface area contributed by atoms with Gasteiger partial charge in [-0.2, -0.15) is 0 Å². The number of hydrogen-bond donors (Lipinski definition) is 1. The van der Waals surface area contributed by atoms with Crippen LogP contribution in [0, 0.1) is 34.5 Å². The lowest BCUT2D eigenvalue weighted by molar-refractivity contribution is 0.0132. The van der Waals surface area contributed by atoms with Crippen LogP contribution in [-0.2, 0) is 0 Å². The van der Waals surface area contributed by atoms with Gasteiger partial charge in [0.05, 0.1) is 6.10 Å². The summed E-state index contributed by atoms with van der Waals surface area (Å²) in [5, 5.41) is 10.2. The lowest BCUT2D eigenvalue weighted by Gasteiger charge is -2.55. The van der Waals surface area contributed by atoms with Crippen molar-refractivity contribution in [2.45, 2.75) is 97.5 Å². The predicted molar refractivity (Wildman–Crippen MR) is 118 cm³/mol. The first kappa shape index (κ1) is 20.9. The predicted octanol–water partition coefficient (Wildman–Crippen LogP) is 6.05. The van der Waals surface area contributed by atoms with Gasteiger partial charge in [-0.3, -0.25) is 0 Å². The summed E-state index contributed by atoms with van der Waals surface area (Å²) in [7, 11) is 4.40. The maximum absolute atomic E-state index is 10.2. The van der Waals surface area contributed by atoms with Gasteiger partial charge in [0.15, 0.2) is 0 Å². The van der Waals surface area contributed by atoms with Crippen molar-refractivity contribution in [2.24, 2.45) is 34.5 Å². The summed E-state index contributed by atoms with van der Waals surface area (Å²) in [6.07, 6.45) is 14.4. The van der Waals surface area contributed by atoms with Gasteiger partial charge in [0, 0.05) is 0 Å². The molecule has 1 N–H and O–H groups in total. The molecule has 0 heterocycles. The molecule has 2 heteroatoms. The van der Waals surface area contributed by atoms with Crippen LogP contribution < -0.4 is 0 Å². The molecule has 7 atom stereocenters. The van der Waals surface area contributed by atoms with Gasteiger partial charge >= 0.3 is 0 Å². The number of nitrogens with zero attached hydrogens (tertiary/aromatic N) is 1. The quantitative estimate of drug-likeness (QED) is 0.581. The molecule has 4 aliphatic carbocycles. The Morgan fingerprint density at radius 3 is 2.61 bits per heavy atom. The number of hydrogen-bond acceptors (Lipinski definition) is 2. The van der Waals surface area contributed by atoms with Crippen LogP contribution in [0.4, 0.5) is 0 Å². The summed E-state index contributed by atoms with van der Waals surface area (Å²) in [5.74, 6) is 3.39.